The molecule has 0 heterocycles. The topological polar surface area (TPSA) is 43.1 Å². The van der Waals surface area contributed by atoms with Crippen LogP contribution in [0.3, 0.4) is 0 Å². The molecule has 0 aliphatic rings. The van der Waals surface area contributed by atoms with Crippen molar-refractivity contribution >= 4 is 5.91 Å². The first-order valence-corrected chi connectivity index (χ1v) is 8.70. The summed E-state index contributed by atoms with van der Waals surface area (Å²) in [4.78, 5) is 10.5. The van der Waals surface area contributed by atoms with E-state index in [2.05, 4.69) is 19.1 Å². The molecule has 0 fully saturated rings. The zero-order chi connectivity index (χ0) is 14.9. The zero-order valence-corrected chi connectivity index (χ0v) is 17.2. The molecule has 1 amide bonds. The summed E-state index contributed by atoms with van der Waals surface area (Å²) in [7, 11) is 0. The fourth-order valence-electron chi connectivity index (χ4n) is 2.37. The molecular weight excluding hydrogens is 312 g/mol. The van der Waals surface area contributed by atoms with Crippen LogP contribution in [0.1, 0.15) is 96.8 Å². The number of hydrogen-bond acceptors (Lipinski definition) is 1. The zero-order valence-electron chi connectivity index (χ0n) is 14.2. The van der Waals surface area contributed by atoms with Gasteiger partial charge in [0.2, 0.25) is 5.91 Å². The van der Waals surface area contributed by atoms with Crippen molar-refractivity contribution in [1.82, 2.24) is 0 Å². The van der Waals surface area contributed by atoms with Crippen molar-refractivity contribution < 1.29 is 24.3 Å². The molecule has 120 valence electrons. The average molecular weight is 347 g/mol. The fraction of sp³-hybridized carbons (Fsp3) is 0.833. The Morgan fingerprint density at radius 1 is 0.762 bits per heavy atom. The molecule has 3 heteroatoms. The van der Waals surface area contributed by atoms with Crippen molar-refractivity contribution in [3.63, 3.8) is 0 Å². The number of unbranched alkanes of at least 4 members (excludes halogenated alkanes) is 11. The second-order valence-corrected chi connectivity index (χ2v) is 5.80. The summed E-state index contributed by atoms with van der Waals surface area (Å²) in [5, 5.41) is 0. The summed E-state index contributed by atoms with van der Waals surface area (Å²) >= 11 is 0. The van der Waals surface area contributed by atoms with Gasteiger partial charge in [0.1, 0.15) is 0 Å². The summed E-state index contributed by atoms with van der Waals surface area (Å²) in [6.07, 6.45) is 21.9. The fourth-order valence-corrected chi connectivity index (χ4v) is 2.37. The van der Waals surface area contributed by atoms with Crippen molar-refractivity contribution in [2.24, 2.45) is 5.73 Å². The van der Waals surface area contributed by atoms with Crippen LogP contribution in [0.5, 0.6) is 0 Å². The molecule has 0 saturated heterocycles. The molecular formula is C18H35NOZn. The Bertz CT molecular complexity index is 241. The number of allylic oxidation sites excluding steroid dienone is 2. The Morgan fingerprint density at radius 2 is 1.19 bits per heavy atom. The van der Waals surface area contributed by atoms with E-state index < -0.39 is 0 Å². The molecule has 0 aromatic heterocycles. The van der Waals surface area contributed by atoms with E-state index in [9.17, 15) is 4.79 Å². The third kappa shape index (κ3) is 22.3. The molecule has 0 aliphatic carbocycles. The van der Waals surface area contributed by atoms with E-state index in [0.29, 0.717) is 6.42 Å². The Labute approximate surface area is 145 Å². The van der Waals surface area contributed by atoms with Gasteiger partial charge < -0.3 is 5.73 Å². The molecule has 0 radical (unpaired) electrons. The normalized spacial score (nSPS) is 10.7. The number of primary amides is 1. The van der Waals surface area contributed by atoms with Gasteiger partial charge in [-0.15, -0.1) is 0 Å². The van der Waals surface area contributed by atoms with Crippen LogP contribution in [0, 0.1) is 0 Å². The standard InChI is InChI=1S/C18H35NO.Zn/c1-2-3-4-5-6-7-8-9-10-11-12-13-14-15-16-17-18(19)20;/h9-10H,2-8,11-17H2,1H3,(H2,19,20);. The third-order valence-electron chi connectivity index (χ3n) is 3.68. The van der Waals surface area contributed by atoms with Crippen LogP contribution in [0.15, 0.2) is 12.2 Å². The maximum Gasteiger partial charge on any atom is 0.217 e. The van der Waals surface area contributed by atoms with Gasteiger partial charge in [-0.05, 0) is 32.1 Å². The number of rotatable bonds is 15. The molecule has 0 aliphatic heterocycles. The maximum absolute atomic E-state index is 10.5. The first-order valence-electron chi connectivity index (χ1n) is 8.70. The van der Waals surface area contributed by atoms with Crippen LogP contribution in [-0.2, 0) is 24.3 Å². The monoisotopic (exact) mass is 345 g/mol. The SMILES string of the molecule is CCCCCCCCC=CCCCCCCCC(N)=O.[Zn]. The van der Waals surface area contributed by atoms with E-state index in [1.165, 1.54) is 70.6 Å². The van der Waals surface area contributed by atoms with Crippen molar-refractivity contribution in [3.8, 4) is 0 Å². The molecule has 0 aromatic carbocycles. The van der Waals surface area contributed by atoms with Gasteiger partial charge in [-0.2, -0.15) is 0 Å². The summed E-state index contributed by atoms with van der Waals surface area (Å²) in [6.45, 7) is 2.26. The van der Waals surface area contributed by atoms with Crippen LogP contribution < -0.4 is 5.73 Å². The van der Waals surface area contributed by atoms with Gasteiger partial charge in [0, 0.05) is 25.9 Å². The van der Waals surface area contributed by atoms with Gasteiger partial charge in [-0.1, -0.05) is 70.4 Å². The molecule has 0 spiro atoms. The van der Waals surface area contributed by atoms with Crippen LogP contribution >= 0.6 is 0 Å². The minimum absolute atomic E-state index is 0. The van der Waals surface area contributed by atoms with Crippen molar-refractivity contribution in [3.05, 3.63) is 12.2 Å². The molecule has 0 bridgehead atoms. The predicted octanol–water partition coefficient (Wildman–Crippen LogP) is 5.51. The molecule has 0 unspecified atom stereocenters. The van der Waals surface area contributed by atoms with Crippen LogP contribution in [0.2, 0.25) is 0 Å². The van der Waals surface area contributed by atoms with Crippen molar-refractivity contribution in [2.45, 2.75) is 96.8 Å². The number of hydrogen-bond donors (Lipinski definition) is 1. The molecule has 0 atom stereocenters. The number of nitrogens with two attached hydrogens (primary N) is 1. The molecule has 2 nitrogen and oxygen atoms in total. The van der Waals surface area contributed by atoms with E-state index in [1.54, 1.807) is 0 Å². The molecule has 0 rings (SSSR count). The van der Waals surface area contributed by atoms with Gasteiger partial charge in [-0.25, -0.2) is 0 Å². The molecule has 0 saturated carbocycles. The minimum atomic E-state index is -0.164. The minimum Gasteiger partial charge on any atom is -0.370 e. The average Bonchev–Trinajstić information content (AvgIpc) is 2.43. The van der Waals surface area contributed by atoms with Gasteiger partial charge in [0.05, 0.1) is 0 Å². The van der Waals surface area contributed by atoms with Crippen LogP contribution in [0.4, 0.5) is 0 Å². The quantitative estimate of drug-likeness (QED) is 0.237. The summed E-state index contributed by atoms with van der Waals surface area (Å²) in [5.74, 6) is -0.164. The van der Waals surface area contributed by atoms with Gasteiger partial charge in [0.25, 0.3) is 0 Å². The number of amides is 1. The van der Waals surface area contributed by atoms with Crippen molar-refractivity contribution in [2.75, 3.05) is 0 Å². The largest absolute Gasteiger partial charge is 0.370 e. The van der Waals surface area contributed by atoms with Crippen molar-refractivity contribution in [1.29, 1.82) is 0 Å². The first-order chi connectivity index (χ1) is 9.77. The van der Waals surface area contributed by atoms with E-state index >= 15 is 0 Å². The Morgan fingerprint density at radius 3 is 1.67 bits per heavy atom. The van der Waals surface area contributed by atoms with E-state index in [0.717, 1.165) is 12.8 Å². The second kappa shape index (κ2) is 19.8. The Hall–Kier alpha value is -0.167. The van der Waals surface area contributed by atoms with Gasteiger partial charge in [-0.3, -0.25) is 4.79 Å². The first kappa shape index (κ1) is 23.1. The second-order valence-electron chi connectivity index (χ2n) is 5.80. The smallest absolute Gasteiger partial charge is 0.217 e. The van der Waals surface area contributed by atoms with Crippen LogP contribution in [-0.4, -0.2) is 5.91 Å². The maximum atomic E-state index is 10.5. The summed E-state index contributed by atoms with van der Waals surface area (Å²) in [6, 6.07) is 0. The van der Waals surface area contributed by atoms with Gasteiger partial charge in [0.15, 0.2) is 0 Å². The number of carbonyl (C=O) groups is 1. The molecule has 21 heavy (non-hydrogen) atoms. The number of carbonyl (C=O) groups excluding carboxylic acids is 1. The Balaban J connectivity index is 0. The van der Waals surface area contributed by atoms with Gasteiger partial charge >= 0.3 is 0 Å². The third-order valence-corrected chi connectivity index (χ3v) is 3.68. The van der Waals surface area contributed by atoms with E-state index in [1.807, 2.05) is 0 Å². The van der Waals surface area contributed by atoms with E-state index in [4.69, 9.17) is 5.73 Å². The Kier molecular flexibility index (Phi) is 21.8. The molecule has 2 N–H and O–H groups in total. The summed E-state index contributed by atoms with van der Waals surface area (Å²) in [5.41, 5.74) is 5.10. The predicted molar refractivity (Wildman–Crippen MR) is 88.6 cm³/mol. The van der Waals surface area contributed by atoms with E-state index in [-0.39, 0.29) is 25.4 Å². The molecule has 0 aromatic rings. The summed E-state index contributed by atoms with van der Waals surface area (Å²) < 4.78 is 0. The van der Waals surface area contributed by atoms with Crippen LogP contribution in [0.25, 0.3) is 0 Å².